The number of aromatic nitrogens is 3. The van der Waals surface area contributed by atoms with Gasteiger partial charge in [0.2, 0.25) is 5.88 Å². The van der Waals surface area contributed by atoms with E-state index in [4.69, 9.17) is 14.2 Å². The van der Waals surface area contributed by atoms with Crippen molar-refractivity contribution >= 4 is 31.2 Å². The van der Waals surface area contributed by atoms with Crippen molar-refractivity contribution in [3.8, 4) is 5.88 Å². The SMILES string of the molecule is COCC(C)NC(=O)c1cn(COCC[Si](C)(C)C)c2ncc(OC3CCC(C)N(C(=O)O)C3)nc12. The number of carbonyl (C=O) groups is 2. The van der Waals surface area contributed by atoms with Gasteiger partial charge in [0.1, 0.15) is 18.4 Å². The summed E-state index contributed by atoms with van der Waals surface area (Å²) in [5, 5.41) is 12.4. The number of hydrogen-bond donors (Lipinski definition) is 2. The maximum Gasteiger partial charge on any atom is 0.407 e. The number of carboxylic acid groups (broad SMARTS) is 1. The van der Waals surface area contributed by atoms with Gasteiger partial charge in [-0.25, -0.2) is 14.8 Å². The summed E-state index contributed by atoms with van der Waals surface area (Å²) in [7, 11) is 0.354. The fourth-order valence-electron chi connectivity index (χ4n) is 4.10. The van der Waals surface area contributed by atoms with Crippen molar-refractivity contribution in [2.75, 3.05) is 26.9 Å². The van der Waals surface area contributed by atoms with E-state index in [-0.39, 0.29) is 43.3 Å². The summed E-state index contributed by atoms with van der Waals surface area (Å²) < 4.78 is 18.8. The quantitative estimate of drug-likeness (QED) is 0.340. The molecule has 1 saturated heterocycles. The lowest BCUT2D eigenvalue weighted by Gasteiger charge is -2.35. The minimum absolute atomic E-state index is 0.0599. The predicted molar refractivity (Wildman–Crippen MR) is 138 cm³/mol. The molecule has 1 fully saturated rings. The molecule has 2 aromatic rings. The summed E-state index contributed by atoms with van der Waals surface area (Å²) in [6.45, 7) is 12.1. The Morgan fingerprint density at radius 1 is 1.31 bits per heavy atom. The Morgan fingerprint density at radius 3 is 2.72 bits per heavy atom. The lowest BCUT2D eigenvalue weighted by Crippen LogP contribution is -2.48. The smallest absolute Gasteiger partial charge is 0.407 e. The molecule has 3 unspecified atom stereocenters. The standard InChI is InChI=1S/C24H39N5O6Si/c1-16(14-33-3)26-23(30)19-13-28(15-34-9-10-36(4,5)6)22-21(19)27-20(11-25-22)35-18-8-7-17(2)29(12-18)24(31)32/h11,13,16-18H,7-10,12,14-15H2,1-6H3,(H,26,30)(H,31,32). The van der Waals surface area contributed by atoms with Gasteiger partial charge in [-0.2, -0.15) is 0 Å². The molecule has 0 radical (unpaired) electrons. The first kappa shape index (κ1) is 27.9. The number of piperidine rings is 1. The molecular formula is C24H39N5O6Si. The highest BCUT2D eigenvalue weighted by molar-refractivity contribution is 6.76. The molecule has 0 aromatic carbocycles. The highest BCUT2D eigenvalue weighted by Gasteiger charge is 2.30. The third-order valence-corrected chi connectivity index (χ3v) is 7.88. The number of rotatable bonds is 11. The molecule has 11 nitrogen and oxygen atoms in total. The Kier molecular flexibility index (Phi) is 9.31. The fourth-order valence-corrected chi connectivity index (χ4v) is 4.86. The Balaban J connectivity index is 1.83. The van der Waals surface area contributed by atoms with Gasteiger partial charge in [-0.1, -0.05) is 19.6 Å². The molecule has 2 amide bonds. The van der Waals surface area contributed by atoms with Gasteiger partial charge < -0.3 is 34.1 Å². The van der Waals surface area contributed by atoms with E-state index < -0.39 is 14.2 Å². The first-order valence-electron chi connectivity index (χ1n) is 12.4. The monoisotopic (exact) mass is 521 g/mol. The van der Waals surface area contributed by atoms with E-state index in [9.17, 15) is 14.7 Å². The van der Waals surface area contributed by atoms with Gasteiger partial charge in [0, 0.05) is 40.1 Å². The minimum Gasteiger partial charge on any atom is -0.471 e. The van der Waals surface area contributed by atoms with E-state index in [0.29, 0.717) is 42.8 Å². The number of ether oxygens (including phenoxy) is 3. The Bertz CT molecular complexity index is 1060. The molecule has 3 rings (SSSR count). The molecule has 200 valence electrons. The van der Waals surface area contributed by atoms with Crippen LogP contribution in [0.1, 0.15) is 37.0 Å². The van der Waals surface area contributed by atoms with Crippen molar-refractivity contribution in [2.45, 2.75) is 77.3 Å². The second-order valence-corrected chi connectivity index (χ2v) is 16.3. The second kappa shape index (κ2) is 12.0. The molecule has 2 aromatic heterocycles. The third-order valence-electron chi connectivity index (χ3n) is 6.18. The molecule has 3 heterocycles. The van der Waals surface area contributed by atoms with Crippen molar-refractivity contribution in [1.82, 2.24) is 24.8 Å². The van der Waals surface area contributed by atoms with Crippen molar-refractivity contribution in [3.05, 3.63) is 18.0 Å². The van der Waals surface area contributed by atoms with Crippen LogP contribution < -0.4 is 10.1 Å². The molecule has 1 aliphatic rings. The molecule has 1 aliphatic heterocycles. The summed E-state index contributed by atoms with van der Waals surface area (Å²) in [6, 6.07) is 0.785. The number of nitrogens with one attached hydrogen (secondary N) is 1. The van der Waals surface area contributed by atoms with Gasteiger partial charge >= 0.3 is 6.09 Å². The first-order chi connectivity index (χ1) is 17.0. The summed E-state index contributed by atoms with van der Waals surface area (Å²) in [4.78, 5) is 35.1. The van der Waals surface area contributed by atoms with Crippen LogP contribution in [0.5, 0.6) is 5.88 Å². The van der Waals surface area contributed by atoms with Crippen LogP contribution >= 0.6 is 0 Å². The van der Waals surface area contributed by atoms with Crippen LogP contribution in [-0.4, -0.2) is 89.7 Å². The highest BCUT2D eigenvalue weighted by atomic mass is 28.3. The summed E-state index contributed by atoms with van der Waals surface area (Å²) in [5.41, 5.74) is 1.29. The van der Waals surface area contributed by atoms with Crippen LogP contribution in [0.25, 0.3) is 11.2 Å². The van der Waals surface area contributed by atoms with Crippen molar-refractivity contribution in [2.24, 2.45) is 0 Å². The first-order valence-corrected chi connectivity index (χ1v) is 16.1. The maximum atomic E-state index is 13.1. The average Bonchev–Trinajstić information content (AvgIpc) is 3.15. The highest BCUT2D eigenvalue weighted by Crippen LogP contribution is 2.25. The summed E-state index contributed by atoms with van der Waals surface area (Å²) in [5.74, 6) is -0.0378. The molecule has 0 bridgehead atoms. The molecule has 0 saturated carbocycles. The fraction of sp³-hybridized carbons (Fsp3) is 0.667. The van der Waals surface area contributed by atoms with E-state index >= 15 is 0 Å². The molecule has 36 heavy (non-hydrogen) atoms. The molecule has 12 heteroatoms. The lowest BCUT2D eigenvalue weighted by molar-refractivity contribution is 0.0520. The number of fused-ring (bicyclic) bond motifs is 1. The number of methoxy groups -OCH3 is 1. The van der Waals surface area contributed by atoms with Crippen LogP contribution in [0.15, 0.2) is 12.4 Å². The van der Waals surface area contributed by atoms with Crippen LogP contribution in [0.2, 0.25) is 25.7 Å². The number of amides is 2. The summed E-state index contributed by atoms with van der Waals surface area (Å²) in [6.07, 6.45) is 3.31. The van der Waals surface area contributed by atoms with Crippen molar-refractivity contribution in [3.63, 3.8) is 0 Å². The maximum absolute atomic E-state index is 13.1. The van der Waals surface area contributed by atoms with E-state index in [1.54, 1.807) is 17.9 Å². The van der Waals surface area contributed by atoms with E-state index in [1.165, 1.54) is 11.1 Å². The van der Waals surface area contributed by atoms with E-state index in [1.807, 2.05) is 13.8 Å². The zero-order valence-electron chi connectivity index (χ0n) is 22.1. The van der Waals surface area contributed by atoms with Gasteiger partial charge in [-0.05, 0) is 32.7 Å². The van der Waals surface area contributed by atoms with E-state index in [0.717, 1.165) is 6.04 Å². The van der Waals surface area contributed by atoms with Crippen LogP contribution in [0.4, 0.5) is 4.79 Å². The number of hydrogen-bond acceptors (Lipinski definition) is 7. The molecule has 0 aliphatic carbocycles. The normalized spacial score (nSPS) is 19.3. The van der Waals surface area contributed by atoms with Gasteiger partial charge in [-0.3, -0.25) is 4.79 Å². The predicted octanol–water partition coefficient (Wildman–Crippen LogP) is 3.42. The van der Waals surface area contributed by atoms with E-state index in [2.05, 4.69) is 34.9 Å². The van der Waals surface area contributed by atoms with Crippen LogP contribution in [0, 0.1) is 0 Å². The van der Waals surface area contributed by atoms with Gasteiger partial charge in [0.25, 0.3) is 5.91 Å². The third kappa shape index (κ3) is 7.40. The topological polar surface area (TPSA) is 128 Å². The average molecular weight is 522 g/mol. The molecular weight excluding hydrogens is 482 g/mol. The Morgan fingerprint density at radius 2 is 2.06 bits per heavy atom. The summed E-state index contributed by atoms with van der Waals surface area (Å²) >= 11 is 0. The Hall–Kier alpha value is -2.70. The zero-order chi connectivity index (χ0) is 26.5. The molecule has 2 N–H and O–H groups in total. The minimum atomic E-state index is -1.23. The van der Waals surface area contributed by atoms with Crippen LogP contribution in [0.3, 0.4) is 0 Å². The van der Waals surface area contributed by atoms with Gasteiger partial charge in [0.15, 0.2) is 5.65 Å². The van der Waals surface area contributed by atoms with Gasteiger partial charge in [0.05, 0.1) is 24.9 Å². The zero-order valence-corrected chi connectivity index (χ0v) is 23.1. The number of likely N-dealkylation sites (tertiary alicyclic amines) is 1. The van der Waals surface area contributed by atoms with Crippen molar-refractivity contribution < 1.29 is 28.9 Å². The lowest BCUT2D eigenvalue weighted by atomic mass is 10.0. The van der Waals surface area contributed by atoms with Gasteiger partial charge in [-0.15, -0.1) is 0 Å². The molecule has 3 atom stereocenters. The number of carbonyl (C=O) groups excluding carboxylic acids is 1. The largest absolute Gasteiger partial charge is 0.471 e. The Labute approximate surface area is 213 Å². The number of nitrogens with zero attached hydrogens (tertiary/aromatic N) is 4. The van der Waals surface area contributed by atoms with Crippen molar-refractivity contribution in [1.29, 1.82) is 0 Å². The second-order valence-electron chi connectivity index (χ2n) is 10.7. The van der Waals surface area contributed by atoms with Crippen LogP contribution in [-0.2, 0) is 16.2 Å². The molecule has 0 spiro atoms.